The minimum atomic E-state index is -3.04. The largest absolute Gasteiger partial charge is 0.461 e. The summed E-state index contributed by atoms with van der Waals surface area (Å²) < 4.78 is 30.8. The standard InChI is InChI=1S/C20H22N4O4S2/c1-23(16-9-11-30(26,27)14-16)18(25)13-29-20-22-21-19(17-8-5-10-28-17)24(20)12-15-6-3-2-4-7-15/h2-8,10,16H,9,11-14H2,1H3/t16-/m1/s1. The van der Waals surface area contributed by atoms with Crippen LogP contribution in [0, 0.1) is 0 Å². The van der Waals surface area contributed by atoms with Crippen LogP contribution >= 0.6 is 11.8 Å². The van der Waals surface area contributed by atoms with Gasteiger partial charge >= 0.3 is 0 Å². The number of hydrogen-bond acceptors (Lipinski definition) is 7. The summed E-state index contributed by atoms with van der Waals surface area (Å²) >= 11 is 1.29. The fraction of sp³-hybridized carbons (Fsp3) is 0.350. The summed E-state index contributed by atoms with van der Waals surface area (Å²) in [5, 5.41) is 9.14. The highest BCUT2D eigenvalue weighted by molar-refractivity contribution is 7.99. The van der Waals surface area contributed by atoms with Crippen LogP contribution in [0.5, 0.6) is 0 Å². The van der Waals surface area contributed by atoms with Gasteiger partial charge in [0.15, 0.2) is 20.8 Å². The third kappa shape index (κ3) is 4.59. The van der Waals surface area contributed by atoms with Crippen LogP contribution in [0.3, 0.4) is 0 Å². The Hall–Kier alpha value is -2.59. The number of hydrogen-bond donors (Lipinski definition) is 0. The van der Waals surface area contributed by atoms with E-state index in [1.165, 1.54) is 11.8 Å². The molecule has 2 aromatic heterocycles. The van der Waals surface area contributed by atoms with E-state index in [-0.39, 0.29) is 29.2 Å². The molecule has 1 atom stereocenters. The molecule has 1 saturated heterocycles. The van der Waals surface area contributed by atoms with Gasteiger partial charge in [-0.3, -0.25) is 9.36 Å². The summed E-state index contributed by atoms with van der Waals surface area (Å²) in [6.07, 6.45) is 2.07. The number of carbonyl (C=O) groups excluding carboxylic acids is 1. The van der Waals surface area contributed by atoms with Crippen molar-refractivity contribution in [3.63, 3.8) is 0 Å². The van der Waals surface area contributed by atoms with Gasteiger partial charge < -0.3 is 9.32 Å². The summed E-state index contributed by atoms with van der Waals surface area (Å²) in [6.45, 7) is 0.539. The van der Waals surface area contributed by atoms with E-state index >= 15 is 0 Å². The van der Waals surface area contributed by atoms with Crippen LogP contribution in [-0.4, -0.2) is 64.3 Å². The number of nitrogens with zero attached hydrogens (tertiary/aromatic N) is 4. The molecule has 158 valence electrons. The maximum absolute atomic E-state index is 12.7. The lowest BCUT2D eigenvalue weighted by atomic mass is 10.2. The Bertz CT molecular complexity index is 1110. The molecule has 0 bridgehead atoms. The van der Waals surface area contributed by atoms with Gasteiger partial charge in [-0.1, -0.05) is 42.1 Å². The van der Waals surface area contributed by atoms with Gasteiger partial charge in [-0.25, -0.2) is 8.42 Å². The second kappa shape index (κ2) is 8.65. The molecule has 0 spiro atoms. The molecule has 0 saturated carbocycles. The normalized spacial score (nSPS) is 17.8. The van der Waals surface area contributed by atoms with Crippen molar-refractivity contribution < 1.29 is 17.6 Å². The lowest BCUT2D eigenvalue weighted by Crippen LogP contribution is -2.38. The molecule has 3 heterocycles. The van der Waals surface area contributed by atoms with Crippen LogP contribution in [0.15, 0.2) is 58.3 Å². The minimum absolute atomic E-state index is 0.0345. The number of aromatic nitrogens is 3. The number of sulfone groups is 1. The van der Waals surface area contributed by atoms with E-state index in [1.54, 1.807) is 24.3 Å². The minimum Gasteiger partial charge on any atom is -0.461 e. The zero-order valence-corrected chi connectivity index (χ0v) is 18.1. The average Bonchev–Trinajstić information content (AvgIpc) is 3.46. The van der Waals surface area contributed by atoms with Crippen molar-refractivity contribution >= 4 is 27.5 Å². The van der Waals surface area contributed by atoms with Crippen LogP contribution < -0.4 is 0 Å². The van der Waals surface area contributed by atoms with Crippen molar-refractivity contribution in [2.45, 2.75) is 24.2 Å². The van der Waals surface area contributed by atoms with E-state index < -0.39 is 9.84 Å². The number of thioether (sulfide) groups is 1. The van der Waals surface area contributed by atoms with Gasteiger partial charge in [-0.05, 0) is 24.1 Å². The molecule has 1 fully saturated rings. The third-order valence-electron chi connectivity index (χ3n) is 5.12. The lowest BCUT2D eigenvalue weighted by molar-refractivity contribution is -0.128. The molecule has 1 aromatic carbocycles. The molecule has 0 N–H and O–H groups in total. The van der Waals surface area contributed by atoms with Gasteiger partial charge in [-0.2, -0.15) is 0 Å². The van der Waals surface area contributed by atoms with Crippen LogP contribution in [0.4, 0.5) is 0 Å². The highest BCUT2D eigenvalue weighted by atomic mass is 32.2. The van der Waals surface area contributed by atoms with E-state index in [9.17, 15) is 13.2 Å². The molecular weight excluding hydrogens is 424 g/mol. The van der Waals surface area contributed by atoms with Crippen molar-refractivity contribution in [2.75, 3.05) is 24.3 Å². The summed E-state index contributed by atoms with van der Waals surface area (Å²) in [4.78, 5) is 14.2. The Morgan fingerprint density at radius 3 is 2.70 bits per heavy atom. The van der Waals surface area contributed by atoms with Crippen molar-refractivity contribution in [3.05, 3.63) is 54.3 Å². The number of furan rings is 1. The van der Waals surface area contributed by atoms with E-state index in [1.807, 2.05) is 41.0 Å². The first kappa shape index (κ1) is 20.7. The lowest BCUT2D eigenvalue weighted by Gasteiger charge is -2.23. The fourth-order valence-electron chi connectivity index (χ4n) is 3.40. The Morgan fingerprint density at radius 2 is 2.03 bits per heavy atom. The van der Waals surface area contributed by atoms with E-state index in [0.29, 0.717) is 29.7 Å². The van der Waals surface area contributed by atoms with Gasteiger partial charge in [0.25, 0.3) is 0 Å². The molecule has 0 unspecified atom stereocenters. The quantitative estimate of drug-likeness (QED) is 0.514. The van der Waals surface area contributed by atoms with Crippen molar-refractivity contribution in [1.82, 2.24) is 19.7 Å². The van der Waals surface area contributed by atoms with Gasteiger partial charge in [-0.15, -0.1) is 10.2 Å². The van der Waals surface area contributed by atoms with Gasteiger partial charge in [0.2, 0.25) is 11.7 Å². The Kier molecular flexibility index (Phi) is 5.96. The second-order valence-electron chi connectivity index (χ2n) is 7.21. The molecule has 1 amide bonds. The first-order chi connectivity index (χ1) is 14.4. The predicted molar refractivity (Wildman–Crippen MR) is 114 cm³/mol. The Labute approximate surface area is 179 Å². The van der Waals surface area contributed by atoms with Crippen molar-refractivity contribution in [2.24, 2.45) is 0 Å². The predicted octanol–water partition coefficient (Wildman–Crippen LogP) is 2.32. The third-order valence-corrected chi connectivity index (χ3v) is 7.82. The summed E-state index contributed by atoms with van der Waals surface area (Å²) in [7, 11) is -1.38. The maximum Gasteiger partial charge on any atom is 0.233 e. The monoisotopic (exact) mass is 446 g/mol. The topological polar surface area (TPSA) is 98.3 Å². The molecule has 8 nitrogen and oxygen atoms in total. The van der Waals surface area contributed by atoms with Crippen LogP contribution in [0.1, 0.15) is 12.0 Å². The van der Waals surface area contributed by atoms with Crippen LogP contribution in [-0.2, 0) is 21.2 Å². The molecule has 10 heteroatoms. The van der Waals surface area contributed by atoms with Crippen molar-refractivity contribution in [1.29, 1.82) is 0 Å². The summed E-state index contributed by atoms with van der Waals surface area (Å²) in [6, 6.07) is 13.3. The summed E-state index contributed by atoms with van der Waals surface area (Å²) in [5.41, 5.74) is 1.08. The molecule has 0 radical (unpaired) electrons. The zero-order chi connectivity index (χ0) is 21.1. The Morgan fingerprint density at radius 1 is 1.23 bits per heavy atom. The fourth-order valence-corrected chi connectivity index (χ4v) is 6.04. The highest BCUT2D eigenvalue weighted by Crippen LogP contribution is 2.26. The number of benzene rings is 1. The maximum atomic E-state index is 12.7. The Balaban J connectivity index is 1.50. The molecule has 0 aliphatic carbocycles. The molecular formula is C20H22N4O4S2. The van der Waals surface area contributed by atoms with Gasteiger partial charge in [0.1, 0.15) is 0 Å². The second-order valence-corrected chi connectivity index (χ2v) is 10.4. The molecule has 30 heavy (non-hydrogen) atoms. The van der Waals surface area contributed by atoms with E-state index in [0.717, 1.165) is 5.56 Å². The zero-order valence-electron chi connectivity index (χ0n) is 16.5. The van der Waals surface area contributed by atoms with E-state index in [2.05, 4.69) is 10.2 Å². The van der Waals surface area contributed by atoms with Gasteiger partial charge in [0.05, 0.1) is 30.1 Å². The van der Waals surface area contributed by atoms with E-state index in [4.69, 9.17) is 4.42 Å². The molecule has 4 rings (SSSR count). The number of amides is 1. The van der Waals surface area contributed by atoms with Crippen molar-refractivity contribution in [3.8, 4) is 11.6 Å². The van der Waals surface area contributed by atoms with Crippen LogP contribution in [0.25, 0.3) is 11.6 Å². The first-order valence-electron chi connectivity index (χ1n) is 9.53. The highest BCUT2D eigenvalue weighted by Gasteiger charge is 2.32. The molecule has 1 aliphatic rings. The smallest absolute Gasteiger partial charge is 0.233 e. The number of rotatable bonds is 7. The number of carbonyl (C=O) groups is 1. The molecule has 3 aromatic rings. The molecule has 1 aliphatic heterocycles. The van der Waals surface area contributed by atoms with Gasteiger partial charge in [0, 0.05) is 13.1 Å². The first-order valence-corrected chi connectivity index (χ1v) is 12.3. The SMILES string of the molecule is CN(C(=O)CSc1nnc(-c2ccco2)n1Cc1ccccc1)[C@@H]1CCS(=O)(=O)C1. The average molecular weight is 447 g/mol. The summed E-state index contributed by atoms with van der Waals surface area (Å²) in [5.74, 6) is 1.39. The van der Waals surface area contributed by atoms with Crippen LogP contribution in [0.2, 0.25) is 0 Å².